The molecule has 1 N–H and O–H groups in total. The molecule has 1 atom stereocenters. The van der Waals surface area contributed by atoms with Gasteiger partial charge in [0.25, 0.3) is 0 Å². The number of amides is 2. The van der Waals surface area contributed by atoms with E-state index in [-0.39, 0.29) is 0 Å². The molecule has 0 aliphatic carbocycles. The quantitative estimate of drug-likeness (QED) is 0.512. The van der Waals surface area contributed by atoms with Crippen molar-refractivity contribution in [3.05, 3.63) is 108 Å². The minimum atomic E-state index is -1.45. The van der Waals surface area contributed by atoms with Gasteiger partial charge in [-0.1, -0.05) is 91.0 Å². The predicted octanol–water partition coefficient (Wildman–Crippen LogP) is 3.32. The Labute approximate surface area is 176 Å². The van der Waals surface area contributed by atoms with Crippen molar-refractivity contribution in [3.8, 4) is 6.07 Å². The van der Waals surface area contributed by atoms with E-state index in [1.165, 1.54) is 19.0 Å². The van der Waals surface area contributed by atoms with Crippen molar-refractivity contribution in [2.75, 3.05) is 14.1 Å². The third-order valence-electron chi connectivity index (χ3n) is 5.01. The highest BCUT2D eigenvalue weighted by atomic mass is 16.2. The van der Waals surface area contributed by atoms with Gasteiger partial charge in [-0.25, -0.2) is 0 Å². The fourth-order valence-corrected chi connectivity index (χ4v) is 3.52. The molecule has 30 heavy (non-hydrogen) atoms. The van der Waals surface area contributed by atoms with Gasteiger partial charge in [-0.15, -0.1) is 0 Å². The predicted molar refractivity (Wildman–Crippen MR) is 115 cm³/mol. The summed E-state index contributed by atoms with van der Waals surface area (Å²) in [6.07, 6.45) is 0. The second kappa shape index (κ2) is 9.06. The molecule has 0 aliphatic heterocycles. The molecular weight excluding hydrogens is 374 g/mol. The van der Waals surface area contributed by atoms with Gasteiger partial charge in [-0.2, -0.15) is 5.26 Å². The van der Waals surface area contributed by atoms with E-state index in [9.17, 15) is 14.9 Å². The van der Waals surface area contributed by atoms with Crippen LogP contribution in [0, 0.1) is 17.2 Å². The van der Waals surface area contributed by atoms with Gasteiger partial charge in [-0.05, 0) is 16.7 Å². The first-order chi connectivity index (χ1) is 14.5. The Morgan fingerprint density at radius 3 is 1.47 bits per heavy atom. The van der Waals surface area contributed by atoms with Gasteiger partial charge >= 0.3 is 0 Å². The average Bonchev–Trinajstić information content (AvgIpc) is 2.79. The van der Waals surface area contributed by atoms with Crippen molar-refractivity contribution in [1.29, 1.82) is 5.26 Å². The Bertz CT molecular complexity index is 945. The first-order valence-corrected chi connectivity index (χ1v) is 9.60. The number of nitrogens with zero attached hydrogens (tertiary/aromatic N) is 2. The summed E-state index contributed by atoms with van der Waals surface area (Å²) in [7, 11) is 3.05. The maximum absolute atomic E-state index is 13.3. The summed E-state index contributed by atoms with van der Waals surface area (Å²) >= 11 is 0. The molecule has 3 aromatic rings. The average molecular weight is 397 g/mol. The number of rotatable bonds is 6. The lowest BCUT2D eigenvalue weighted by Gasteiger charge is -2.37. The lowest BCUT2D eigenvalue weighted by Crippen LogP contribution is -2.51. The normalized spacial score (nSPS) is 11.8. The van der Waals surface area contributed by atoms with Crippen molar-refractivity contribution in [2.45, 2.75) is 5.54 Å². The van der Waals surface area contributed by atoms with E-state index in [1.54, 1.807) is 0 Å². The molecule has 0 spiro atoms. The van der Waals surface area contributed by atoms with Crippen molar-refractivity contribution >= 4 is 11.8 Å². The Balaban J connectivity index is 2.23. The summed E-state index contributed by atoms with van der Waals surface area (Å²) in [5.41, 5.74) is 1.40. The third kappa shape index (κ3) is 3.94. The van der Waals surface area contributed by atoms with Crippen LogP contribution in [0.15, 0.2) is 91.0 Å². The molecule has 0 saturated carbocycles. The van der Waals surface area contributed by atoms with E-state index in [0.717, 1.165) is 16.7 Å². The van der Waals surface area contributed by atoms with Crippen LogP contribution in [0.25, 0.3) is 0 Å². The van der Waals surface area contributed by atoms with Crippen LogP contribution in [0.1, 0.15) is 16.7 Å². The topological polar surface area (TPSA) is 73.2 Å². The number of benzene rings is 3. The van der Waals surface area contributed by atoms with Gasteiger partial charge in [0.15, 0.2) is 0 Å². The Morgan fingerprint density at radius 2 is 1.17 bits per heavy atom. The lowest BCUT2D eigenvalue weighted by molar-refractivity contribution is -0.138. The molecule has 0 heterocycles. The number of nitriles is 1. The zero-order valence-electron chi connectivity index (χ0n) is 16.9. The smallest absolute Gasteiger partial charge is 0.249 e. The summed E-state index contributed by atoms with van der Waals surface area (Å²) in [5.74, 6) is -2.65. The molecule has 0 aliphatic rings. The van der Waals surface area contributed by atoms with Crippen LogP contribution in [-0.4, -0.2) is 30.8 Å². The van der Waals surface area contributed by atoms with Crippen molar-refractivity contribution in [3.63, 3.8) is 0 Å². The molecule has 0 bridgehead atoms. The van der Waals surface area contributed by atoms with E-state index in [0.29, 0.717) is 0 Å². The minimum Gasteiger partial charge on any atom is -0.347 e. The molecular formula is C25H23N3O2. The molecule has 3 rings (SSSR count). The Hall–Kier alpha value is -3.91. The van der Waals surface area contributed by atoms with Crippen LogP contribution >= 0.6 is 0 Å². The third-order valence-corrected chi connectivity index (χ3v) is 5.01. The molecule has 5 nitrogen and oxygen atoms in total. The molecule has 1 unspecified atom stereocenters. The summed E-state index contributed by atoms with van der Waals surface area (Å²) in [4.78, 5) is 27.0. The van der Waals surface area contributed by atoms with E-state index >= 15 is 0 Å². The number of carbonyl (C=O) groups excluding carboxylic acids is 2. The van der Waals surface area contributed by atoms with Crippen molar-refractivity contribution in [2.24, 2.45) is 5.92 Å². The van der Waals surface area contributed by atoms with E-state index in [4.69, 9.17) is 0 Å². The first-order valence-electron chi connectivity index (χ1n) is 9.60. The zero-order chi connectivity index (χ0) is 21.6. The van der Waals surface area contributed by atoms with Crippen LogP contribution in [0.3, 0.4) is 0 Å². The van der Waals surface area contributed by atoms with Gasteiger partial charge in [0, 0.05) is 14.1 Å². The molecule has 2 amide bonds. The zero-order valence-corrected chi connectivity index (χ0v) is 16.9. The molecule has 150 valence electrons. The fourth-order valence-electron chi connectivity index (χ4n) is 3.52. The first kappa shape index (κ1) is 20.8. The molecule has 3 aromatic carbocycles. The standard InChI is InChI=1S/C25H23N3O2/c1-28(2)24(30)22(18-26)23(29)27-25(19-12-6-3-7-13-19,20-14-8-4-9-15-20)21-16-10-5-11-17-21/h3-17,22H,1-2H3,(H,27,29). The monoisotopic (exact) mass is 397 g/mol. The van der Waals surface area contributed by atoms with Gasteiger partial charge in [0.1, 0.15) is 5.54 Å². The lowest BCUT2D eigenvalue weighted by atomic mass is 9.76. The highest BCUT2D eigenvalue weighted by molar-refractivity contribution is 6.03. The summed E-state index contributed by atoms with van der Waals surface area (Å²) in [6.45, 7) is 0. The molecule has 0 saturated heterocycles. The molecule has 5 heteroatoms. The highest BCUT2D eigenvalue weighted by Gasteiger charge is 2.41. The second-order valence-electron chi connectivity index (χ2n) is 7.13. The van der Waals surface area contributed by atoms with E-state index < -0.39 is 23.3 Å². The number of carbonyl (C=O) groups is 2. The van der Waals surface area contributed by atoms with Gasteiger partial charge in [0.2, 0.25) is 17.7 Å². The number of nitrogens with one attached hydrogen (secondary N) is 1. The van der Waals surface area contributed by atoms with Crippen LogP contribution < -0.4 is 5.32 Å². The highest BCUT2D eigenvalue weighted by Crippen LogP contribution is 2.37. The SMILES string of the molecule is CN(C)C(=O)C(C#N)C(=O)NC(c1ccccc1)(c1ccccc1)c1ccccc1. The van der Waals surface area contributed by atoms with Crippen molar-refractivity contribution < 1.29 is 9.59 Å². The maximum atomic E-state index is 13.3. The number of hydrogen-bond acceptors (Lipinski definition) is 3. The molecule has 0 radical (unpaired) electrons. The largest absolute Gasteiger partial charge is 0.347 e. The summed E-state index contributed by atoms with van der Waals surface area (Å²) in [5, 5.41) is 12.6. The Morgan fingerprint density at radius 1 is 0.800 bits per heavy atom. The Kier molecular flexibility index (Phi) is 6.29. The van der Waals surface area contributed by atoms with Gasteiger partial charge in [-0.3, -0.25) is 9.59 Å². The maximum Gasteiger partial charge on any atom is 0.249 e. The van der Waals surface area contributed by atoms with Crippen molar-refractivity contribution in [1.82, 2.24) is 10.2 Å². The van der Waals surface area contributed by atoms with Gasteiger partial charge < -0.3 is 10.2 Å². The van der Waals surface area contributed by atoms with Crippen LogP contribution in [0.5, 0.6) is 0 Å². The van der Waals surface area contributed by atoms with Crippen LogP contribution in [0.2, 0.25) is 0 Å². The summed E-state index contributed by atoms with van der Waals surface area (Å²) < 4.78 is 0. The van der Waals surface area contributed by atoms with E-state index in [2.05, 4.69) is 5.32 Å². The van der Waals surface area contributed by atoms with Crippen LogP contribution in [-0.2, 0) is 15.1 Å². The minimum absolute atomic E-state index is 0.557. The molecule has 0 aromatic heterocycles. The van der Waals surface area contributed by atoms with Crippen LogP contribution in [0.4, 0.5) is 0 Å². The summed E-state index contributed by atoms with van der Waals surface area (Å²) in [6, 6.07) is 30.5. The van der Waals surface area contributed by atoms with Gasteiger partial charge in [0.05, 0.1) is 6.07 Å². The number of hydrogen-bond donors (Lipinski definition) is 1. The second-order valence-corrected chi connectivity index (χ2v) is 7.13. The van der Waals surface area contributed by atoms with E-state index in [1.807, 2.05) is 97.1 Å². The molecule has 0 fully saturated rings. The fraction of sp³-hybridized carbons (Fsp3) is 0.160.